The molecule has 0 spiro atoms. The number of hydrogen-bond acceptors (Lipinski definition) is 4. The van der Waals surface area contributed by atoms with Crippen molar-refractivity contribution in [1.82, 2.24) is 10.3 Å². The first-order valence-electron chi connectivity index (χ1n) is 8.01. The number of carbonyl (C=O) groups excluding carboxylic acids is 1. The molecule has 5 heteroatoms. The van der Waals surface area contributed by atoms with Gasteiger partial charge in [-0.05, 0) is 37.6 Å². The summed E-state index contributed by atoms with van der Waals surface area (Å²) in [7, 11) is 1.65. The highest BCUT2D eigenvalue weighted by atomic mass is 32.1. The van der Waals surface area contributed by atoms with E-state index in [0.29, 0.717) is 6.42 Å². The fourth-order valence-electron chi connectivity index (χ4n) is 2.26. The zero-order valence-corrected chi connectivity index (χ0v) is 14.8. The smallest absolute Gasteiger partial charge is 0.225 e. The number of aromatic nitrogens is 1. The molecule has 0 radical (unpaired) electrons. The molecule has 1 aromatic heterocycles. The van der Waals surface area contributed by atoms with Gasteiger partial charge in [0.1, 0.15) is 10.8 Å². The van der Waals surface area contributed by atoms with Crippen LogP contribution in [0.4, 0.5) is 0 Å². The molecule has 0 saturated heterocycles. The lowest BCUT2D eigenvalue weighted by Gasteiger charge is -2.03. The summed E-state index contributed by atoms with van der Waals surface area (Å²) >= 11 is 1.59. The van der Waals surface area contributed by atoms with Crippen molar-refractivity contribution in [2.24, 2.45) is 0 Å². The minimum atomic E-state index is 0.0779. The van der Waals surface area contributed by atoms with Gasteiger partial charge in [-0.3, -0.25) is 4.79 Å². The first-order valence-corrected chi connectivity index (χ1v) is 8.83. The summed E-state index contributed by atoms with van der Waals surface area (Å²) in [4.78, 5) is 17.6. The summed E-state index contributed by atoms with van der Waals surface area (Å²) in [5.41, 5.74) is 1.98. The normalized spacial score (nSPS) is 10.6. The Morgan fingerprint density at radius 3 is 2.65 bits per heavy atom. The van der Waals surface area contributed by atoms with E-state index < -0.39 is 0 Å². The highest BCUT2D eigenvalue weighted by Crippen LogP contribution is 2.29. The molecule has 1 amide bonds. The standard InChI is InChI=1S/C18H24N2O2S/c1-4-5-6-11-19-17(21)12-16-13(2)20-18(23-16)14-7-9-15(22-3)10-8-14/h7-10H,4-6,11-12H2,1-3H3,(H,19,21). The van der Waals surface area contributed by atoms with E-state index in [4.69, 9.17) is 4.74 Å². The highest BCUT2D eigenvalue weighted by Gasteiger charge is 2.12. The van der Waals surface area contributed by atoms with Gasteiger partial charge in [0, 0.05) is 17.0 Å². The predicted molar refractivity (Wildman–Crippen MR) is 95.1 cm³/mol. The summed E-state index contributed by atoms with van der Waals surface area (Å²) in [5.74, 6) is 0.905. The number of nitrogens with zero attached hydrogens (tertiary/aromatic N) is 1. The van der Waals surface area contributed by atoms with Crippen molar-refractivity contribution in [1.29, 1.82) is 0 Å². The molecule has 0 aliphatic rings. The molecule has 23 heavy (non-hydrogen) atoms. The maximum atomic E-state index is 12.0. The lowest BCUT2D eigenvalue weighted by molar-refractivity contribution is -0.120. The van der Waals surface area contributed by atoms with Crippen LogP contribution in [0.25, 0.3) is 10.6 Å². The second-order valence-corrected chi connectivity index (χ2v) is 6.57. The van der Waals surface area contributed by atoms with Gasteiger partial charge in [0.2, 0.25) is 5.91 Å². The average molecular weight is 332 g/mol. The molecule has 0 unspecified atom stereocenters. The largest absolute Gasteiger partial charge is 0.497 e. The van der Waals surface area contributed by atoms with Crippen LogP contribution in [0.2, 0.25) is 0 Å². The van der Waals surface area contributed by atoms with Crippen LogP contribution in [-0.4, -0.2) is 24.5 Å². The Balaban J connectivity index is 1.98. The first-order chi connectivity index (χ1) is 11.1. The summed E-state index contributed by atoms with van der Waals surface area (Å²) in [6.45, 7) is 4.88. The molecule has 0 atom stereocenters. The molecular formula is C18H24N2O2S. The number of methoxy groups -OCH3 is 1. The molecule has 2 rings (SSSR count). The lowest BCUT2D eigenvalue weighted by Crippen LogP contribution is -2.25. The SMILES string of the molecule is CCCCCNC(=O)Cc1sc(-c2ccc(OC)cc2)nc1C. The fourth-order valence-corrected chi connectivity index (χ4v) is 3.33. The topological polar surface area (TPSA) is 51.2 Å². The lowest BCUT2D eigenvalue weighted by atomic mass is 10.2. The Morgan fingerprint density at radius 1 is 1.26 bits per heavy atom. The van der Waals surface area contributed by atoms with Gasteiger partial charge in [0.15, 0.2) is 0 Å². The molecule has 4 nitrogen and oxygen atoms in total. The third-order valence-corrected chi connectivity index (χ3v) is 4.86. The minimum Gasteiger partial charge on any atom is -0.497 e. The molecule has 0 aliphatic carbocycles. The van der Waals surface area contributed by atoms with E-state index in [9.17, 15) is 4.79 Å². The van der Waals surface area contributed by atoms with Gasteiger partial charge >= 0.3 is 0 Å². The van der Waals surface area contributed by atoms with Crippen molar-refractivity contribution in [2.75, 3.05) is 13.7 Å². The summed E-state index contributed by atoms with van der Waals surface area (Å²) in [6, 6.07) is 7.83. The second-order valence-electron chi connectivity index (χ2n) is 5.49. The van der Waals surface area contributed by atoms with Gasteiger partial charge in [-0.15, -0.1) is 11.3 Å². The number of benzene rings is 1. The van der Waals surface area contributed by atoms with Gasteiger partial charge in [0.25, 0.3) is 0 Å². The number of nitrogens with one attached hydrogen (secondary N) is 1. The van der Waals surface area contributed by atoms with Crippen LogP contribution in [0.1, 0.15) is 36.8 Å². The number of hydrogen-bond donors (Lipinski definition) is 1. The van der Waals surface area contributed by atoms with Crippen LogP contribution >= 0.6 is 11.3 Å². The molecule has 0 saturated carbocycles. The molecule has 1 heterocycles. The van der Waals surface area contributed by atoms with Crippen LogP contribution in [-0.2, 0) is 11.2 Å². The quantitative estimate of drug-likeness (QED) is 0.744. The zero-order valence-electron chi connectivity index (χ0n) is 14.0. The molecule has 0 aliphatic heterocycles. The van der Waals surface area contributed by atoms with Crippen molar-refractivity contribution in [3.63, 3.8) is 0 Å². The number of aryl methyl sites for hydroxylation is 1. The van der Waals surface area contributed by atoms with E-state index in [2.05, 4.69) is 17.2 Å². The summed E-state index contributed by atoms with van der Waals surface area (Å²) < 4.78 is 5.17. The second kappa shape index (κ2) is 8.67. The van der Waals surface area contributed by atoms with Gasteiger partial charge in [0.05, 0.1) is 19.2 Å². The van der Waals surface area contributed by atoms with E-state index in [1.807, 2.05) is 31.2 Å². The monoisotopic (exact) mass is 332 g/mol. The third kappa shape index (κ3) is 5.06. The van der Waals surface area contributed by atoms with Crippen LogP contribution in [0, 0.1) is 6.92 Å². The van der Waals surface area contributed by atoms with E-state index in [0.717, 1.165) is 52.7 Å². The third-order valence-electron chi connectivity index (χ3n) is 3.65. The van der Waals surface area contributed by atoms with E-state index in [1.165, 1.54) is 0 Å². The van der Waals surface area contributed by atoms with Crippen molar-refractivity contribution >= 4 is 17.2 Å². The van der Waals surface area contributed by atoms with Crippen LogP contribution in [0.3, 0.4) is 0 Å². The van der Waals surface area contributed by atoms with Gasteiger partial charge < -0.3 is 10.1 Å². The molecule has 0 fully saturated rings. The summed E-state index contributed by atoms with van der Waals surface area (Å²) in [6.07, 6.45) is 3.77. The maximum Gasteiger partial charge on any atom is 0.225 e. The Kier molecular flexibility index (Phi) is 6.59. The van der Waals surface area contributed by atoms with E-state index in [1.54, 1.807) is 18.4 Å². The molecule has 2 aromatic rings. The minimum absolute atomic E-state index is 0.0779. The first kappa shape index (κ1) is 17.5. The maximum absolute atomic E-state index is 12.0. The number of unbranched alkanes of at least 4 members (excludes halogenated alkanes) is 2. The van der Waals surface area contributed by atoms with Crippen LogP contribution in [0.5, 0.6) is 5.75 Å². The number of ether oxygens (including phenoxy) is 1. The van der Waals surface area contributed by atoms with E-state index in [-0.39, 0.29) is 5.91 Å². The molecule has 0 bridgehead atoms. The zero-order chi connectivity index (χ0) is 16.7. The predicted octanol–water partition coefficient (Wildman–Crippen LogP) is 3.98. The van der Waals surface area contributed by atoms with Gasteiger partial charge in [-0.1, -0.05) is 19.8 Å². The van der Waals surface area contributed by atoms with Crippen molar-refractivity contribution in [2.45, 2.75) is 39.5 Å². The van der Waals surface area contributed by atoms with Crippen molar-refractivity contribution in [3.05, 3.63) is 34.8 Å². The average Bonchev–Trinajstić information content (AvgIpc) is 2.92. The number of thiazole rings is 1. The molecule has 1 aromatic carbocycles. The molecular weight excluding hydrogens is 308 g/mol. The Labute approximate surface area is 141 Å². The highest BCUT2D eigenvalue weighted by molar-refractivity contribution is 7.15. The molecule has 124 valence electrons. The Morgan fingerprint density at radius 2 is 2.00 bits per heavy atom. The van der Waals surface area contributed by atoms with Gasteiger partial charge in [-0.25, -0.2) is 4.98 Å². The fraction of sp³-hybridized carbons (Fsp3) is 0.444. The Hall–Kier alpha value is -1.88. The number of amides is 1. The number of carbonyl (C=O) groups is 1. The molecule has 1 N–H and O–H groups in total. The van der Waals surface area contributed by atoms with E-state index >= 15 is 0 Å². The van der Waals surface area contributed by atoms with Gasteiger partial charge in [-0.2, -0.15) is 0 Å². The van der Waals surface area contributed by atoms with Crippen molar-refractivity contribution in [3.8, 4) is 16.3 Å². The Bertz CT molecular complexity index is 635. The van der Waals surface area contributed by atoms with Crippen molar-refractivity contribution < 1.29 is 9.53 Å². The van der Waals surface area contributed by atoms with Crippen LogP contribution in [0.15, 0.2) is 24.3 Å². The summed E-state index contributed by atoms with van der Waals surface area (Å²) in [5, 5.41) is 3.92. The number of rotatable bonds is 8. The van der Waals surface area contributed by atoms with Crippen LogP contribution < -0.4 is 10.1 Å².